The van der Waals surface area contributed by atoms with Crippen molar-refractivity contribution in [2.75, 3.05) is 12.4 Å². The minimum absolute atomic E-state index is 0.199. The van der Waals surface area contributed by atoms with Crippen molar-refractivity contribution in [3.05, 3.63) is 94.9 Å². The Kier molecular flexibility index (Phi) is 6.33. The molecule has 1 amide bonds. The lowest BCUT2D eigenvalue weighted by Gasteiger charge is -2.13. The first-order valence-corrected chi connectivity index (χ1v) is 10.7. The van der Waals surface area contributed by atoms with Crippen LogP contribution in [-0.4, -0.2) is 22.6 Å². The summed E-state index contributed by atoms with van der Waals surface area (Å²) in [6.45, 7) is 5.77. The van der Waals surface area contributed by atoms with Crippen molar-refractivity contribution in [2.45, 2.75) is 20.8 Å². The fraction of sp³-hybridized carbons (Fsp3) is 0.148. The van der Waals surface area contributed by atoms with Gasteiger partial charge in [-0.1, -0.05) is 6.07 Å². The Labute approximate surface area is 198 Å². The Morgan fingerprint density at radius 3 is 2.59 bits per heavy atom. The fourth-order valence-corrected chi connectivity index (χ4v) is 3.84. The van der Waals surface area contributed by atoms with E-state index in [-0.39, 0.29) is 11.8 Å². The summed E-state index contributed by atoms with van der Waals surface area (Å²) in [5.41, 5.74) is 5.14. The van der Waals surface area contributed by atoms with E-state index < -0.39 is 0 Å². The van der Waals surface area contributed by atoms with Gasteiger partial charge in [-0.15, -0.1) is 0 Å². The number of pyridine rings is 1. The van der Waals surface area contributed by atoms with Crippen molar-refractivity contribution < 1.29 is 14.3 Å². The van der Waals surface area contributed by atoms with Crippen molar-refractivity contribution in [3.63, 3.8) is 0 Å². The summed E-state index contributed by atoms with van der Waals surface area (Å²) in [5, 5.41) is 12.2. The van der Waals surface area contributed by atoms with Crippen molar-refractivity contribution in [1.29, 1.82) is 5.26 Å². The maximum atomic E-state index is 13.1. The van der Waals surface area contributed by atoms with Gasteiger partial charge in [-0.2, -0.15) is 5.26 Å². The van der Waals surface area contributed by atoms with E-state index in [0.717, 1.165) is 28.4 Å². The van der Waals surface area contributed by atoms with Gasteiger partial charge >= 0.3 is 0 Å². The third-order valence-electron chi connectivity index (χ3n) is 5.54. The second-order valence-corrected chi connectivity index (χ2v) is 7.82. The quantitative estimate of drug-likeness (QED) is 0.404. The third kappa shape index (κ3) is 4.48. The molecular weight excluding hydrogens is 428 g/mol. The van der Waals surface area contributed by atoms with Crippen LogP contribution in [0.1, 0.15) is 32.9 Å². The lowest BCUT2D eigenvalue weighted by Crippen LogP contribution is -2.14. The van der Waals surface area contributed by atoms with Gasteiger partial charge in [0, 0.05) is 35.0 Å². The van der Waals surface area contributed by atoms with Gasteiger partial charge in [0.15, 0.2) is 0 Å². The first-order valence-electron chi connectivity index (χ1n) is 10.7. The standard InChI is InChI=1S/C27H24N4O3/c1-17-13-23(34-27-20(16-28)7-6-12-29-27)10-11-25(17)30-26(32)24-14-18(2)31(19(24)3)21-8-5-9-22(15-21)33-4/h5-15H,1-4H3,(H,30,32). The van der Waals surface area contributed by atoms with Gasteiger partial charge in [0.2, 0.25) is 5.88 Å². The molecule has 7 heteroatoms. The molecule has 0 aliphatic carbocycles. The van der Waals surface area contributed by atoms with Gasteiger partial charge in [0.25, 0.3) is 5.91 Å². The average Bonchev–Trinajstić information content (AvgIpc) is 3.15. The van der Waals surface area contributed by atoms with E-state index in [1.165, 1.54) is 0 Å². The van der Waals surface area contributed by atoms with Crippen LogP contribution >= 0.6 is 0 Å². The molecular formula is C27H24N4O3. The summed E-state index contributed by atoms with van der Waals surface area (Å²) in [4.78, 5) is 17.3. The number of hydrogen-bond acceptors (Lipinski definition) is 5. The number of aromatic nitrogens is 2. The van der Waals surface area contributed by atoms with Crippen LogP contribution < -0.4 is 14.8 Å². The monoisotopic (exact) mass is 452 g/mol. The predicted molar refractivity (Wildman–Crippen MR) is 130 cm³/mol. The number of amides is 1. The number of nitrogens with zero attached hydrogens (tertiary/aromatic N) is 3. The molecule has 0 saturated carbocycles. The van der Waals surface area contributed by atoms with Crippen LogP contribution in [0.15, 0.2) is 66.9 Å². The lowest BCUT2D eigenvalue weighted by molar-refractivity contribution is 0.102. The van der Waals surface area contributed by atoms with Gasteiger partial charge in [0.1, 0.15) is 23.1 Å². The highest BCUT2D eigenvalue weighted by molar-refractivity contribution is 6.05. The van der Waals surface area contributed by atoms with E-state index in [0.29, 0.717) is 22.6 Å². The van der Waals surface area contributed by atoms with E-state index >= 15 is 0 Å². The van der Waals surface area contributed by atoms with Gasteiger partial charge in [-0.05, 0) is 74.9 Å². The Bertz CT molecular complexity index is 1420. The molecule has 0 saturated heterocycles. The maximum absolute atomic E-state index is 13.1. The molecule has 1 N–H and O–H groups in total. The Morgan fingerprint density at radius 2 is 1.85 bits per heavy atom. The number of hydrogen-bond donors (Lipinski definition) is 1. The van der Waals surface area contributed by atoms with E-state index in [1.54, 1.807) is 43.6 Å². The topological polar surface area (TPSA) is 89.2 Å². The molecule has 2 aromatic carbocycles. The number of anilines is 1. The molecule has 0 spiro atoms. The zero-order chi connectivity index (χ0) is 24.2. The first kappa shape index (κ1) is 22.6. The number of carbonyl (C=O) groups is 1. The number of methoxy groups -OCH3 is 1. The molecule has 0 unspecified atom stereocenters. The van der Waals surface area contributed by atoms with E-state index in [2.05, 4.69) is 16.4 Å². The Hall–Kier alpha value is -4.57. The maximum Gasteiger partial charge on any atom is 0.257 e. The van der Waals surface area contributed by atoms with Gasteiger partial charge in [0.05, 0.1) is 12.7 Å². The zero-order valence-electron chi connectivity index (χ0n) is 19.4. The smallest absolute Gasteiger partial charge is 0.257 e. The largest absolute Gasteiger partial charge is 0.497 e. The molecule has 2 aromatic heterocycles. The zero-order valence-corrected chi connectivity index (χ0v) is 19.4. The number of benzene rings is 2. The summed E-state index contributed by atoms with van der Waals surface area (Å²) >= 11 is 0. The molecule has 0 aliphatic heterocycles. The summed E-state index contributed by atoms with van der Waals surface area (Å²) < 4.78 is 13.1. The highest BCUT2D eigenvalue weighted by atomic mass is 16.5. The Balaban J connectivity index is 1.56. The normalized spacial score (nSPS) is 10.4. The lowest BCUT2D eigenvalue weighted by atomic mass is 10.1. The van der Waals surface area contributed by atoms with Crippen LogP contribution in [0.4, 0.5) is 5.69 Å². The molecule has 34 heavy (non-hydrogen) atoms. The number of nitriles is 1. The molecule has 0 fully saturated rings. The van der Waals surface area contributed by atoms with Crippen molar-refractivity contribution in [3.8, 4) is 29.1 Å². The minimum Gasteiger partial charge on any atom is -0.497 e. The van der Waals surface area contributed by atoms with E-state index in [1.807, 2.05) is 55.7 Å². The average molecular weight is 453 g/mol. The molecule has 0 bridgehead atoms. The number of aryl methyl sites for hydroxylation is 2. The molecule has 170 valence electrons. The summed E-state index contributed by atoms with van der Waals surface area (Å²) in [6.07, 6.45) is 1.57. The van der Waals surface area contributed by atoms with Crippen LogP contribution in [0.5, 0.6) is 17.4 Å². The van der Waals surface area contributed by atoms with Crippen molar-refractivity contribution in [1.82, 2.24) is 9.55 Å². The molecule has 2 heterocycles. The first-order chi connectivity index (χ1) is 16.4. The fourth-order valence-electron chi connectivity index (χ4n) is 3.84. The number of carbonyl (C=O) groups excluding carboxylic acids is 1. The SMILES string of the molecule is COc1cccc(-n2c(C)cc(C(=O)Nc3ccc(Oc4ncccc4C#N)cc3C)c2C)c1. The molecule has 7 nitrogen and oxygen atoms in total. The Morgan fingerprint density at radius 1 is 1.03 bits per heavy atom. The molecule has 0 radical (unpaired) electrons. The number of ether oxygens (including phenoxy) is 2. The van der Waals surface area contributed by atoms with Crippen molar-refractivity contribution >= 4 is 11.6 Å². The van der Waals surface area contributed by atoms with Gasteiger partial charge < -0.3 is 19.4 Å². The van der Waals surface area contributed by atoms with Crippen LogP contribution in [-0.2, 0) is 0 Å². The molecule has 0 atom stereocenters. The summed E-state index contributed by atoms with van der Waals surface area (Å²) in [6, 6.07) is 20.3. The molecule has 0 aliphatic rings. The highest BCUT2D eigenvalue weighted by Gasteiger charge is 2.18. The second kappa shape index (κ2) is 9.51. The van der Waals surface area contributed by atoms with Crippen molar-refractivity contribution in [2.24, 2.45) is 0 Å². The van der Waals surface area contributed by atoms with E-state index in [4.69, 9.17) is 9.47 Å². The predicted octanol–water partition coefficient (Wildman–Crippen LogP) is 5.72. The summed E-state index contributed by atoms with van der Waals surface area (Å²) in [7, 11) is 1.63. The minimum atomic E-state index is -0.199. The third-order valence-corrected chi connectivity index (χ3v) is 5.54. The van der Waals surface area contributed by atoms with Crippen LogP contribution in [0.25, 0.3) is 5.69 Å². The van der Waals surface area contributed by atoms with E-state index in [9.17, 15) is 10.1 Å². The molecule has 4 rings (SSSR count). The van der Waals surface area contributed by atoms with Gasteiger partial charge in [-0.3, -0.25) is 4.79 Å². The number of rotatable bonds is 6. The second-order valence-electron chi connectivity index (χ2n) is 7.82. The van der Waals surface area contributed by atoms with Crippen LogP contribution in [0, 0.1) is 32.1 Å². The molecule has 4 aromatic rings. The van der Waals surface area contributed by atoms with Crippen LogP contribution in [0.3, 0.4) is 0 Å². The highest BCUT2D eigenvalue weighted by Crippen LogP contribution is 2.28. The summed E-state index contributed by atoms with van der Waals surface area (Å²) in [5.74, 6) is 1.32. The number of nitrogens with one attached hydrogen (secondary N) is 1. The van der Waals surface area contributed by atoms with Crippen LogP contribution in [0.2, 0.25) is 0 Å². The van der Waals surface area contributed by atoms with Gasteiger partial charge in [-0.25, -0.2) is 4.98 Å².